The maximum atomic E-state index is 14.1. The average Bonchev–Trinajstić information content (AvgIpc) is 2.66. The lowest BCUT2D eigenvalue weighted by Crippen LogP contribution is -2.50. The summed E-state index contributed by atoms with van der Waals surface area (Å²) in [4.78, 5) is 17.7. The lowest BCUT2D eigenvalue weighted by molar-refractivity contribution is -0.108. The molecule has 6 heteroatoms. The lowest BCUT2D eigenvalue weighted by atomic mass is 10.0. The summed E-state index contributed by atoms with van der Waals surface area (Å²) in [5.74, 6) is -0.289. The summed E-state index contributed by atoms with van der Waals surface area (Å²) in [6.45, 7) is 6.22. The Labute approximate surface area is 153 Å². The molecular formula is C20H25FN4O. The molecule has 3 rings (SSSR count). The Bertz CT molecular complexity index is 746. The van der Waals surface area contributed by atoms with Crippen LogP contribution in [0.15, 0.2) is 36.5 Å². The van der Waals surface area contributed by atoms with Crippen LogP contribution in [-0.2, 0) is 4.79 Å². The Balaban J connectivity index is 1.74. The predicted molar refractivity (Wildman–Crippen MR) is 102 cm³/mol. The number of aromatic nitrogens is 1. The number of aldehydes is 1. The molecule has 2 N–H and O–H groups in total. The predicted octanol–water partition coefficient (Wildman–Crippen LogP) is 2.47. The van der Waals surface area contributed by atoms with Crippen molar-refractivity contribution in [3.63, 3.8) is 0 Å². The van der Waals surface area contributed by atoms with Crippen LogP contribution in [0.2, 0.25) is 0 Å². The molecule has 0 bridgehead atoms. The van der Waals surface area contributed by atoms with Gasteiger partial charge < -0.3 is 15.4 Å². The Morgan fingerprint density at radius 1 is 1.35 bits per heavy atom. The molecule has 0 aliphatic carbocycles. The zero-order valence-electron chi connectivity index (χ0n) is 15.0. The standard InChI is InChI=1S/C20H25FN4O/c1-15-20(3-2-5-23-15)16-11-17(21)13-18(12-16)24-14-19(4-10-26)25-8-6-22-7-9-25/h2-3,5,10-13,19,22,24H,4,6-9,14H2,1H3. The molecule has 1 aromatic carbocycles. The Morgan fingerprint density at radius 2 is 2.15 bits per heavy atom. The van der Waals surface area contributed by atoms with Crippen LogP contribution in [0.5, 0.6) is 0 Å². The average molecular weight is 356 g/mol. The van der Waals surface area contributed by atoms with Crippen LogP contribution >= 0.6 is 0 Å². The highest BCUT2D eigenvalue weighted by Gasteiger charge is 2.20. The van der Waals surface area contributed by atoms with Crippen molar-refractivity contribution >= 4 is 12.0 Å². The van der Waals surface area contributed by atoms with Gasteiger partial charge in [-0.3, -0.25) is 9.88 Å². The van der Waals surface area contributed by atoms with Gasteiger partial charge in [-0.1, -0.05) is 6.07 Å². The maximum Gasteiger partial charge on any atom is 0.125 e. The Kier molecular flexibility index (Phi) is 6.30. The number of nitrogens with zero attached hydrogens (tertiary/aromatic N) is 2. The van der Waals surface area contributed by atoms with Gasteiger partial charge in [0.25, 0.3) is 0 Å². The summed E-state index contributed by atoms with van der Waals surface area (Å²) >= 11 is 0. The van der Waals surface area contributed by atoms with Crippen LogP contribution in [0.4, 0.5) is 10.1 Å². The molecular weight excluding hydrogens is 331 g/mol. The highest BCUT2D eigenvalue weighted by Crippen LogP contribution is 2.26. The van der Waals surface area contributed by atoms with E-state index in [1.165, 1.54) is 12.1 Å². The van der Waals surface area contributed by atoms with Crippen molar-refractivity contribution in [3.8, 4) is 11.1 Å². The van der Waals surface area contributed by atoms with Crippen LogP contribution in [-0.4, -0.2) is 54.9 Å². The van der Waals surface area contributed by atoms with Gasteiger partial charge in [0.15, 0.2) is 0 Å². The number of halogens is 1. The summed E-state index contributed by atoms with van der Waals surface area (Å²) in [6.07, 6.45) is 3.16. The molecule has 2 aromatic rings. The molecule has 0 spiro atoms. The normalized spacial score (nSPS) is 16.2. The second-order valence-corrected chi connectivity index (χ2v) is 6.59. The van der Waals surface area contributed by atoms with Gasteiger partial charge in [0.2, 0.25) is 0 Å². The highest BCUT2D eigenvalue weighted by atomic mass is 19.1. The molecule has 1 unspecified atom stereocenters. The number of hydrogen-bond donors (Lipinski definition) is 2. The van der Waals surface area contributed by atoms with Crippen LogP contribution < -0.4 is 10.6 Å². The number of piperazine rings is 1. The first-order valence-corrected chi connectivity index (χ1v) is 9.02. The third-order valence-electron chi connectivity index (χ3n) is 4.79. The number of carbonyl (C=O) groups is 1. The van der Waals surface area contributed by atoms with E-state index in [1.807, 2.05) is 25.1 Å². The topological polar surface area (TPSA) is 57.3 Å². The molecule has 2 heterocycles. The van der Waals surface area contributed by atoms with Crippen LogP contribution in [0.3, 0.4) is 0 Å². The van der Waals surface area contributed by atoms with E-state index in [2.05, 4.69) is 20.5 Å². The molecule has 1 fully saturated rings. The summed E-state index contributed by atoms with van der Waals surface area (Å²) < 4.78 is 14.1. The second kappa shape index (κ2) is 8.87. The number of benzene rings is 1. The van der Waals surface area contributed by atoms with Gasteiger partial charge in [0.05, 0.1) is 0 Å². The highest BCUT2D eigenvalue weighted by molar-refractivity contribution is 5.70. The number of anilines is 1. The molecule has 5 nitrogen and oxygen atoms in total. The van der Waals surface area contributed by atoms with Gasteiger partial charge in [0.1, 0.15) is 12.1 Å². The molecule has 1 saturated heterocycles. The van der Waals surface area contributed by atoms with Crippen molar-refractivity contribution in [2.24, 2.45) is 0 Å². The van der Waals surface area contributed by atoms with E-state index < -0.39 is 0 Å². The number of carbonyl (C=O) groups excluding carboxylic acids is 1. The van der Waals surface area contributed by atoms with Crippen molar-refractivity contribution in [2.75, 3.05) is 38.0 Å². The quantitative estimate of drug-likeness (QED) is 0.747. The van der Waals surface area contributed by atoms with Gasteiger partial charge in [0, 0.05) is 68.3 Å². The third kappa shape index (κ3) is 4.65. The Hall–Kier alpha value is -2.31. The van der Waals surface area contributed by atoms with Crippen LogP contribution in [0, 0.1) is 12.7 Å². The number of rotatable bonds is 7. The Morgan fingerprint density at radius 3 is 2.88 bits per heavy atom. The third-order valence-corrected chi connectivity index (χ3v) is 4.79. The van der Waals surface area contributed by atoms with Gasteiger partial charge >= 0.3 is 0 Å². The van der Waals surface area contributed by atoms with Gasteiger partial charge in [-0.25, -0.2) is 4.39 Å². The molecule has 1 aromatic heterocycles. The number of nitrogens with one attached hydrogen (secondary N) is 2. The van der Waals surface area contributed by atoms with Crippen LogP contribution in [0.1, 0.15) is 12.1 Å². The van der Waals surface area contributed by atoms with Crippen molar-refractivity contribution in [2.45, 2.75) is 19.4 Å². The van der Waals surface area contributed by atoms with Crippen molar-refractivity contribution in [3.05, 3.63) is 48.0 Å². The molecule has 1 atom stereocenters. The summed E-state index contributed by atoms with van der Waals surface area (Å²) in [5, 5.41) is 6.63. The van der Waals surface area contributed by atoms with E-state index in [4.69, 9.17) is 0 Å². The van der Waals surface area contributed by atoms with Gasteiger partial charge in [-0.2, -0.15) is 0 Å². The first-order chi connectivity index (χ1) is 12.7. The molecule has 1 aliphatic heterocycles. The van der Waals surface area contributed by atoms with E-state index in [1.54, 1.807) is 6.20 Å². The SMILES string of the molecule is Cc1ncccc1-c1cc(F)cc(NCC(CC=O)N2CCNCC2)c1. The van der Waals surface area contributed by atoms with Gasteiger partial charge in [-0.05, 0) is 36.8 Å². The van der Waals surface area contributed by atoms with E-state index in [0.717, 1.165) is 49.3 Å². The smallest absolute Gasteiger partial charge is 0.125 e. The minimum atomic E-state index is -0.289. The fourth-order valence-corrected chi connectivity index (χ4v) is 3.39. The molecule has 26 heavy (non-hydrogen) atoms. The minimum absolute atomic E-state index is 0.112. The van der Waals surface area contributed by atoms with Crippen molar-refractivity contribution in [1.82, 2.24) is 15.2 Å². The van der Waals surface area contributed by atoms with Gasteiger partial charge in [-0.15, -0.1) is 0 Å². The number of pyridine rings is 1. The first kappa shape index (κ1) is 18.5. The zero-order valence-corrected chi connectivity index (χ0v) is 15.0. The largest absolute Gasteiger partial charge is 0.383 e. The summed E-state index contributed by atoms with van der Waals surface area (Å²) in [6, 6.07) is 8.85. The monoisotopic (exact) mass is 356 g/mol. The van der Waals surface area contributed by atoms with Crippen molar-refractivity contribution < 1.29 is 9.18 Å². The number of hydrogen-bond acceptors (Lipinski definition) is 5. The van der Waals surface area contributed by atoms with E-state index in [-0.39, 0.29) is 11.9 Å². The lowest BCUT2D eigenvalue weighted by Gasteiger charge is -2.34. The molecule has 0 saturated carbocycles. The van der Waals surface area contributed by atoms with E-state index in [0.29, 0.717) is 18.7 Å². The van der Waals surface area contributed by atoms with Crippen molar-refractivity contribution in [1.29, 1.82) is 0 Å². The van der Waals surface area contributed by atoms with Crippen LogP contribution in [0.25, 0.3) is 11.1 Å². The second-order valence-electron chi connectivity index (χ2n) is 6.59. The first-order valence-electron chi connectivity index (χ1n) is 9.02. The number of aryl methyl sites for hydroxylation is 1. The maximum absolute atomic E-state index is 14.1. The minimum Gasteiger partial charge on any atom is -0.383 e. The summed E-state index contributed by atoms with van der Waals surface area (Å²) in [7, 11) is 0. The fourth-order valence-electron chi connectivity index (χ4n) is 3.39. The molecule has 0 radical (unpaired) electrons. The molecule has 0 amide bonds. The summed E-state index contributed by atoms with van der Waals surface area (Å²) in [5.41, 5.74) is 3.30. The van der Waals surface area contributed by atoms with E-state index >= 15 is 0 Å². The fraction of sp³-hybridized carbons (Fsp3) is 0.400. The molecule has 1 aliphatic rings. The molecule has 138 valence electrons. The van der Waals surface area contributed by atoms with E-state index in [9.17, 15) is 9.18 Å². The zero-order chi connectivity index (χ0) is 18.4.